The van der Waals surface area contributed by atoms with Gasteiger partial charge in [-0.3, -0.25) is 0 Å². The zero-order chi connectivity index (χ0) is 29.2. The van der Waals surface area contributed by atoms with Gasteiger partial charge in [0.15, 0.2) is 11.8 Å². The van der Waals surface area contributed by atoms with Crippen LogP contribution in [0.3, 0.4) is 0 Å². The van der Waals surface area contributed by atoms with Crippen molar-refractivity contribution in [1.29, 1.82) is 0 Å². The van der Waals surface area contributed by atoms with E-state index in [-0.39, 0.29) is 9.79 Å². The van der Waals surface area contributed by atoms with Crippen LogP contribution in [0.2, 0.25) is 0 Å². The van der Waals surface area contributed by atoms with Crippen LogP contribution in [-0.2, 0) is 19.3 Å². The molecule has 0 heterocycles. The molecule has 0 atom stereocenters. The Bertz CT molecular complexity index is 1480. The molecule has 9 heteroatoms. The summed E-state index contributed by atoms with van der Waals surface area (Å²) in [4.78, 5) is 9.05. The molecule has 212 valence electrons. The van der Waals surface area contributed by atoms with Crippen LogP contribution in [0.15, 0.2) is 117 Å². The maximum atomic E-state index is 13.2. The van der Waals surface area contributed by atoms with Gasteiger partial charge in [0.2, 0.25) is 9.84 Å². The molecule has 0 aliphatic carbocycles. The van der Waals surface area contributed by atoms with Crippen molar-refractivity contribution in [3.8, 4) is 23.0 Å². The number of hydrogen-bond donors (Lipinski definition) is 0. The van der Waals surface area contributed by atoms with Gasteiger partial charge in [-0.15, -0.1) is 0 Å². The summed E-state index contributed by atoms with van der Waals surface area (Å²) >= 11 is 0. The Morgan fingerprint density at radius 2 is 0.829 bits per heavy atom. The van der Waals surface area contributed by atoms with Crippen LogP contribution in [0, 0.1) is 0 Å². The lowest BCUT2D eigenvalue weighted by molar-refractivity contribution is 0.324. The van der Waals surface area contributed by atoms with Crippen molar-refractivity contribution >= 4 is 33.0 Å². The number of nitrogens with zero attached hydrogens (tertiary/aromatic N) is 2. The number of aliphatic imine (C=N–C) groups is 2. The van der Waals surface area contributed by atoms with Crippen LogP contribution < -0.4 is 9.47 Å². The van der Waals surface area contributed by atoms with Crippen molar-refractivity contribution in [2.75, 3.05) is 13.2 Å². The van der Waals surface area contributed by atoms with Gasteiger partial charge in [-0.05, 0) is 111 Å². The van der Waals surface area contributed by atoms with Crippen LogP contribution >= 0.6 is 0 Å². The van der Waals surface area contributed by atoms with Crippen LogP contribution in [0.1, 0.15) is 27.7 Å². The maximum absolute atomic E-state index is 13.2. The van der Waals surface area contributed by atoms with Crippen molar-refractivity contribution in [1.82, 2.24) is 0 Å². The largest absolute Gasteiger partial charge is 0.481 e. The van der Waals surface area contributed by atoms with E-state index in [1.807, 2.05) is 38.1 Å². The van der Waals surface area contributed by atoms with Crippen molar-refractivity contribution in [3.63, 3.8) is 0 Å². The zero-order valence-electron chi connectivity index (χ0n) is 23.4. The second-order valence-corrected chi connectivity index (χ2v) is 10.7. The molecule has 0 saturated carbocycles. The predicted octanol–water partition coefficient (Wildman–Crippen LogP) is 8.28. The first kappa shape index (κ1) is 29.4. The highest BCUT2D eigenvalue weighted by Crippen LogP contribution is 2.29. The summed E-state index contributed by atoms with van der Waals surface area (Å²) in [7, 11) is -3.73. The molecule has 0 saturated heterocycles. The molecule has 0 N–H and O–H groups in total. The molecule has 0 aliphatic heterocycles. The van der Waals surface area contributed by atoms with Gasteiger partial charge in [-0.2, -0.15) is 0 Å². The van der Waals surface area contributed by atoms with Crippen molar-refractivity contribution in [3.05, 3.63) is 97.1 Å². The Labute approximate surface area is 240 Å². The molecule has 0 unspecified atom stereocenters. The first-order valence-corrected chi connectivity index (χ1v) is 14.6. The fraction of sp³-hybridized carbons (Fsp3) is 0.188. The topological polar surface area (TPSA) is 95.8 Å². The highest BCUT2D eigenvalue weighted by Gasteiger charge is 2.18. The van der Waals surface area contributed by atoms with E-state index in [2.05, 4.69) is 9.98 Å². The third-order valence-corrected chi connectivity index (χ3v) is 7.48. The molecule has 0 radical (unpaired) electrons. The van der Waals surface area contributed by atoms with Gasteiger partial charge in [0, 0.05) is 13.8 Å². The Morgan fingerprint density at radius 3 is 1.12 bits per heavy atom. The van der Waals surface area contributed by atoms with E-state index in [4.69, 9.17) is 18.9 Å². The van der Waals surface area contributed by atoms with Crippen molar-refractivity contribution < 1.29 is 27.4 Å². The molecule has 0 bridgehead atoms. The molecule has 0 fully saturated rings. The Balaban J connectivity index is 1.38. The van der Waals surface area contributed by atoms with Crippen LogP contribution in [0.5, 0.6) is 23.0 Å². The average molecular weight is 573 g/mol. The summed E-state index contributed by atoms with van der Waals surface area (Å²) in [6.45, 7) is 8.53. The minimum atomic E-state index is -3.73. The van der Waals surface area contributed by atoms with E-state index in [0.29, 0.717) is 48.0 Å². The second kappa shape index (κ2) is 13.6. The zero-order valence-corrected chi connectivity index (χ0v) is 24.2. The normalized spacial score (nSPS) is 12.1. The molecule has 4 aromatic rings. The number of benzene rings is 4. The van der Waals surface area contributed by atoms with E-state index in [9.17, 15) is 8.42 Å². The molecule has 0 aliphatic rings. The van der Waals surface area contributed by atoms with E-state index >= 15 is 0 Å². The molecule has 4 aromatic carbocycles. The smallest absolute Gasteiger partial charge is 0.206 e. The summed E-state index contributed by atoms with van der Waals surface area (Å²) in [5.74, 6) is 3.41. The average Bonchev–Trinajstić information content (AvgIpc) is 2.96. The number of sulfone groups is 1. The fourth-order valence-corrected chi connectivity index (χ4v) is 5.07. The summed E-state index contributed by atoms with van der Waals surface area (Å²) in [5.41, 5.74) is 1.49. The Hall–Kier alpha value is -4.63. The molecule has 0 aromatic heterocycles. The third-order valence-electron chi connectivity index (χ3n) is 5.69. The molecule has 0 spiro atoms. The van der Waals surface area contributed by atoms with Gasteiger partial charge in [0.1, 0.15) is 23.0 Å². The third kappa shape index (κ3) is 8.18. The minimum absolute atomic E-state index is 0.160. The van der Waals surface area contributed by atoms with Gasteiger partial charge >= 0.3 is 0 Å². The number of ether oxygens (including phenoxy) is 4. The van der Waals surface area contributed by atoms with Gasteiger partial charge in [-0.25, -0.2) is 18.4 Å². The predicted molar refractivity (Wildman–Crippen MR) is 160 cm³/mol. The highest BCUT2D eigenvalue weighted by molar-refractivity contribution is 7.91. The summed E-state index contributed by atoms with van der Waals surface area (Å²) in [5, 5.41) is 0. The van der Waals surface area contributed by atoms with Gasteiger partial charge in [0.25, 0.3) is 0 Å². The van der Waals surface area contributed by atoms with E-state index in [1.54, 1.807) is 62.4 Å². The second-order valence-electron chi connectivity index (χ2n) is 8.77. The molecule has 8 nitrogen and oxygen atoms in total. The van der Waals surface area contributed by atoms with Crippen LogP contribution in [0.25, 0.3) is 0 Å². The monoisotopic (exact) mass is 572 g/mol. The molecular formula is C32H32N2O6S. The Kier molecular flexibility index (Phi) is 9.76. The molecule has 4 rings (SSSR count). The first-order chi connectivity index (χ1) is 19.8. The quantitative estimate of drug-likeness (QED) is 0.140. The molecular weight excluding hydrogens is 540 g/mol. The summed E-state index contributed by atoms with van der Waals surface area (Å²) in [6, 6.07) is 27.0. The van der Waals surface area contributed by atoms with E-state index < -0.39 is 9.84 Å². The molecule has 41 heavy (non-hydrogen) atoms. The van der Waals surface area contributed by atoms with Crippen LogP contribution in [-0.4, -0.2) is 33.4 Å². The van der Waals surface area contributed by atoms with Crippen molar-refractivity contribution in [2.24, 2.45) is 9.98 Å². The number of rotatable bonds is 10. The van der Waals surface area contributed by atoms with Crippen molar-refractivity contribution in [2.45, 2.75) is 37.5 Å². The van der Waals surface area contributed by atoms with Crippen LogP contribution in [0.4, 0.5) is 11.4 Å². The first-order valence-electron chi connectivity index (χ1n) is 13.1. The van der Waals surface area contributed by atoms with Gasteiger partial charge in [0.05, 0.1) is 34.4 Å². The standard InChI is InChI=1S/C32H32N2O6S/c1-5-37-23(3)33-25-7-11-27(12-8-25)39-29-15-19-31(20-16-29)41(35,36)32-21-17-30(18-22-32)40-28-13-9-26(10-14-28)34-24(4)38-6-2/h7-22H,5-6H2,1-4H3. The number of hydrogen-bond acceptors (Lipinski definition) is 8. The molecule has 0 amide bonds. The van der Waals surface area contributed by atoms with E-state index in [1.165, 1.54) is 24.3 Å². The lowest BCUT2D eigenvalue weighted by Crippen LogP contribution is -2.01. The summed E-state index contributed by atoms with van der Waals surface area (Å²) in [6.07, 6.45) is 0. The van der Waals surface area contributed by atoms with Gasteiger partial charge in [-0.1, -0.05) is 0 Å². The minimum Gasteiger partial charge on any atom is -0.481 e. The maximum Gasteiger partial charge on any atom is 0.206 e. The Morgan fingerprint density at radius 1 is 0.537 bits per heavy atom. The lowest BCUT2D eigenvalue weighted by Gasteiger charge is -2.10. The van der Waals surface area contributed by atoms with E-state index in [0.717, 1.165) is 11.4 Å². The highest BCUT2D eigenvalue weighted by atomic mass is 32.2. The SMILES string of the molecule is CCOC(C)=Nc1ccc(Oc2ccc(S(=O)(=O)c3ccc(Oc4ccc(N=C(C)OCC)cc4)cc3)cc2)cc1. The lowest BCUT2D eigenvalue weighted by atomic mass is 10.3. The summed E-state index contributed by atoms with van der Waals surface area (Å²) < 4.78 is 48.8. The van der Waals surface area contributed by atoms with Gasteiger partial charge < -0.3 is 18.9 Å². The fourth-order valence-electron chi connectivity index (χ4n) is 3.81.